The van der Waals surface area contributed by atoms with Gasteiger partial charge in [0.05, 0.1) is 0 Å². The fourth-order valence-corrected chi connectivity index (χ4v) is 2.98. The number of halogens is 1. The topological polar surface area (TPSA) is 0 Å². The molecule has 0 aromatic rings. The van der Waals surface area contributed by atoms with Gasteiger partial charge in [0.2, 0.25) is 0 Å². The Bertz CT molecular complexity index is 141. The molecule has 1 saturated carbocycles. The Labute approximate surface area is 75.5 Å². The van der Waals surface area contributed by atoms with Crippen LogP contribution in [0.15, 0.2) is 0 Å². The molecule has 1 unspecified atom stereocenters. The van der Waals surface area contributed by atoms with E-state index in [-0.39, 0.29) is 5.41 Å². The normalized spacial score (nSPS) is 28.8. The average Bonchev–Trinajstić information content (AvgIpc) is 2.31. The van der Waals surface area contributed by atoms with Gasteiger partial charge in [-0.05, 0) is 31.1 Å². The molecule has 0 N–H and O–H groups in total. The minimum absolute atomic E-state index is 0.0139. The Hall–Kier alpha value is -0.0700. The Morgan fingerprint density at radius 3 is 1.83 bits per heavy atom. The van der Waals surface area contributed by atoms with E-state index in [1.807, 2.05) is 0 Å². The van der Waals surface area contributed by atoms with Crippen LogP contribution in [0, 0.1) is 17.3 Å². The van der Waals surface area contributed by atoms with E-state index in [0.717, 1.165) is 19.3 Å². The van der Waals surface area contributed by atoms with Crippen molar-refractivity contribution >= 4 is 0 Å². The van der Waals surface area contributed by atoms with E-state index in [1.54, 1.807) is 0 Å². The largest absolute Gasteiger partial charge is 0.247 e. The molecule has 1 rings (SSSR count). The van der Waals surface area contributed by atoms with Crippen LogP contribution in [0.3, 0.4) is 0 Å². The Kier molecular flexibility index (Phi) is 2.80. The summed E-state index contributed by atoms with van der Waals surface area (Å²) in [5, 5.41) is 0. The molecule has 0 saturated heterocycles. The monoisotopic (exact) mass is 172 g/mol. The van der Waals surface area contributed by atoms with Crippen LogP contribution in [0.25, 0.3) is 0 Å². The second-order valence-corrected chi connectivity index (χ2v) is 4.78. The minimum atomic E-state index is -0.558. The zero-order valence-corrected chi connectivity index (χ0v) is 8.73. The summed E-state index contributed by atoms with van der Waals surface area (Å²) in [5.41, 5.74) is -0.0139. The average molecular weight is 172 g/mol. The predicted octanol–water partition coefficient (Wildman–Crippen LogP) is 3.81. The lowest BCUT2D eigenvalue weighted by Gasteiger charge is -2.39. The second kappa shape index (κ2) is 3.35. The molecule has 0 heterocycles. The lowest BCUT2D eigenvalue weighted by molar-refractivity contribution is 0.0332. The maximum Gasteiger partial charge on any atom is 0.106 e. The van der Waals surface area contributed by atoms with Gasteiger partial charge in [0.15, 0.2) is 0 Å². The molecule has 0 spiro atoms. The van der Waals surface area contributed by atoms with E-state index in [0.29, 0.717) is 11.8 Å². The quantitative estimate of drug-likeness (QED) is 0.594. The van der Waals surface area contributed by atoms with Crippen molar-refractivity contribution in [1.82, 2.24) is 0 Å². The third-order valence-corrected chi connectivity index (χ3v) is 3.80. The van der Waals surface area contributed by atoms with Gasteiger partial charge >= 0.3 is 0 Å². The third-order valence-electron chi connectivity index (χ3n) is 3.80. The highest BCUT2D eigenvalue weighted by atomic mass is 19.1. The number of alkyl halides is 1. The zero-order valence-electron chi connectivity index (χ0n) is 8.73. The van der Waals surface area contributed by atoms with E-state index in [1.165, 1.54) is 0 Å². The molecule has 0 amide bonds. The van der Waals surface area contributed by atoms with E-state index in [2.05, 4.69) is 27.7 Å². The van der Waals surface area contributed by atoms with Gasteiger partial charge in [0.25, 0.3) is 0 Å². The first-order valence-electron chi connectivity index (χ1n) is 5.16. The van der Waals surface area contributed by atoms with Crippen LogP contribution in [-0.4, -0.2) is 6.17 Å². The maximum atomic E-state index is 13.7. The Balaban J connectivity index is 2.85. The van der Waals surface area contributed by atoms with Crippen molar-refractivity contribution in [2.45, 2.75) is 53.1 Å². The lowest BCUT2D eigenvalue weighted by atomic mass is 9.67. The molecule has 0 aromatic heterocycles. The molecule has 0 nitrogen and oxygen atoms in total. The highest BCUT2D eigenvalue weighted by molar-refractivity contribution is 4.96. The number of rotatable bonds is 2. The summed E-state index contributed by atoms with van der Waals surface area (Å²) in [5.74, 6) is 0.963. The summed E-state index contributed by atoms with van der Waals surface area (Å²) >= 11 is 0. The van der Waals surface area contributed by atoms with Crippen molar-refractivity contribution in [3.63, 3.8) is 0 Å². The van der Waals surface area contributed by atoms with Gasteiger partial charge in [-0.15, -0.1) is 0 Å². The Morgan fingerprint density at radius 1 is 1.17 bits per heavy atom. The van der Waals surface area contributed by atoms with E-state index in [4.69, 9.17) is 0 Å². The molecular formula is C11H21F. The van der Waals surface area contributed by atoms with Gasteiger partial charge in [0.1, 0.15) is 6.17 Å². The first-order chi connectivity index (χ1) is 5.51. The number of hydrogen-bond donors (Lipinski definition) is 0. The third kappa shape index (κ3) is 1.27. The fraction of sp³-hybridized carbons (Fsp3) is 1.00. The summed E-state index contributed by atoms with van der Waals surface area (Å²) < 4.78 is 13.7. The highest BCUT2D eigenvalue weighted by Crippen LogP contribution is 2.51. The molecule has 0 bridgehead atoms. The summed E-state index contributed by atoms with van der Waals surface area (Å²) in [7, 11) is 0. The molecule has 0 aliphatic heterocycles. The highest BCUT2D eigenvalue weighted by Gasteiger charge is 2.47. The molecule has 1 atom stereocenters. The summed E-state index contributed by atoms with van der Waals surface area (Å²) in [6.07, 6.45) is 2.40. The van der Waals surface area contributed by atoms with Crippen LogP contribution < -0.4 is 0 Å². The SMILES string of the molecule is CC(C)C1(C(C)C)CCCC1F. The van der Waals surface area contributed by atoms with Gasteiger partial charge in [-0.1, -0.05) is 27.7 Å². The number of hydrogen-bond acceptors (Lipinski definition) is 0. The van der Waals surface area contributed by atoms with Crippen molar-refractivity contribution in [2.75, 3.05) is 0 Å². The second-order valence-electron chi connectivity index (χ2n) is 4.78. The summed E-state index contributed by atoms with van der Waals surface area (Å²) in [6.45, 7) is 8.66. The van der Waals surface area contributed by atoms with Gasteiger partial charge in [-0.3, -0.25) is 0 Å². The van der Waals surface area contributed by atoms with Crippen LogP contribution in [0.5, 0.6) is 0 Å². The van der Waals surface area contributed by atoms with Crippen LogP contribution in [0.2, 0.25) is 0 Å². The van der Waals surface area contributed by atoms with Crippen LogP contribution in [0.4, 0.5) is 4.39 Å². The molecule has 72 valence electrons. The van der Waals surface area contributed by atoms with Crippen LogP contribution in [-0.2, 0) is 0 Å². The predicted molar refractivity (Wildman–Crippen MR) is 50.9 cm³/mol. The van der Waals surface area contributed by atoms with E-state index < -0.39 is 6.17 Å². The molecule has 0 radical (unpaired) electrons. The zero-order chi connectivity index (χ0) is 9.35. The first kappa shape index (κ1) is 10.0. The molecule has 1 aliphatic carbocycles. The Morgan fingerprint density at radius 2 is 1.67 bits per heavy atom. The van der Waals surface area contributed by atoms with Crippen LogP contribution in [0.1, 0.15) is 47.0 Å². The maximum absolute atomic E-state index is 13.7. The summed E-state index contributed by atoms with van der Waals surface area (Å²) in [6, 6.07) is 0. The standard InChI is InChI=1S/C11H21F/c1-8(2)11(9(3)4)7-5-6-10(11)12/h8-10H,5-7H2,1-4H3. The van der Waals surface area contributed by atoms with Crippen molar-refractivity contribution in [1.29, 1.82) is 0 Å². The smallest absolute Gasteiger partial charge is 0.106 e. The van der Waals surface area contributed by atoms with Crippen LogP contribution >= 0.6 is 0 Å². The van der Waals surface area contributed by atoms with E-state index in [9.17, 15) is 4.39 Å². The molecular weight excluding hydrogens is 151 g/mol. The minimum Gasteiger partial charge on any atom is -0.247 e. The van der Waals surface area contributed by atoms with Crippen molar-refractivity contribution in [3.8, 4) is 0 Å². The summed E-state index contributed by atoms with van der Waals surface area (Å²) in [4.78, 5) is 0. The van der Waals surface area contributed by atoms with Gasteiger partial charge in [-0.25, -0.2) is 4.39 Å². The molecule has 1 aliphatic rings. The lowest BCUT2D eigenvalue weighted by Crippen LogP contribution is -2.37. The first-order valence-corrected chi connectivity index (χ1v) is 5.16. The molecule has 1 heteroatoms. The van der Waals surface area contributed by atoms with Crippen molar-refractivity contribution in [3.05, 3.63) is 0 Å². The molecule has 0 aromatic carbocycles. The van der Waals surface area contributed by atoms with E-state index >= 15 is 0 Å². The molecule has 1 fully saturated rings. The van der Waals surface area contributed by atoms with Gasteiger partial charge < -0.3 is 0 Å². The van der Waals surface area contributed by atoms with Gasteiger partial charge in [0, 0.05) is 5.41 Å². The molecule has 12 heavy (non-hydrogen) atoms. The van der Waals surface area contributed by atoms with Gasteiger partial charge in [-0.2, -0.15) is 0 Å². The fourth-order valence-electron chi connectivity index (χ4n) is 2.98. The van der Waals surface area contributed by atoms with Crippen molar-refractivity contribution < 1.29 is 4.39 Å². The van der Waals surface area contributed by atoms with Crippen molar-refractivity contribution in [2.24, 2.45) is 17.3 Å².